The van der Waals surface area contributed by atoms with Crippen molar-refractivity contribution in [2.24, 2.45) is 5.73 Å². The number of phenols is 1. The number of fused-ring (bicyclic) bond motifs is 1. The lowest BCUT2D eigenvalue weighted by molar-refractivity contribution is 0.301. The van der Waals surface area contributed by atoms with E-state index in [9.17, 15) is 10.4 Å². The first-order valence-corrected chi connectivity index (χ1v) is 9.73. The third kappa shape index (κ3) is 3.78. The van der Waals surface area contributed by atoms with Crippen molar-refractivity contribution < 1.29 is 14.6 Å². The van der Waals surface area contributed by atoms with Crippen molar-refractivity contribution in [1.29, 1.82) is 5.26 Å². The number of para-hydroxylation sites is 1. The minimum atomic E-state index is -0.453. The molecule has 0 radical (unpaired) electrons. The van der Waals surface area contributed by atoms with E-state index in [0.29, 0.717) is 23.7 Å². The second-order valence-corrected chi connectivity index (χ2v) is 7.52. The average Bonchev–Trinajstić information content (AvgIpc) is 2.72. The molecule has 0 aromatic heterocycles. The summed E-state index contributed by atoms with van der Waals surface area (Å²) in [6.45, 7) is 0.386. The van der Waals surface area contributed by atoms with E-state index in [1.54, 1.807) is 12.1 Å². The topological polar surface area (TPSA) is 88.5 Å². The van der Waals surface area contributed by atoms with E-state index in [1.807, 2.05) is 48.5 Å². The molecule has 1 heterocycles. The van der Waals surface area contributed by atoms with Crippen LogP contribution in [-0.2, 0) is 6.61 Å². The van der Waals surface area contributed by atoms with Crippen molar-refractivity contribution in [3.63, 3.8) is 0 Å². The van der Waals surface area contributed by atoms with Gasteiger partial charge in [0.25, 0.3) is 0 Å². The lowest BCUT2D eigenvalue weighted by Crippen LogP contribution is -2.21. The van der Waals surface area contributed by atoms with Crippen LogP contribution in [-0.4, -0.2) is 5.11 Å². The predicted octanol–water partition coefficient (Wildman–Crippen LogP) is 4.95. The maximum Gasteiger partial charge on any atom is 0.205 e. The van der Waals surface area contributed by atoms with Gasteiger partial charge in [-0.3, -0.25) is 0 Å². The van der Waals surface area contributed by atoms with Crippen LogP contribution in [0.25, 0.3) is 0 Å². The maximum absolute atomic E-state index is 9.81. The third-order valence-corrected chi connectivity index (χ3v) is 5.27. The molecule has 4 rings (SSSR count). The summed E-state index contributed by atoms with van der Waals surface area (Å²) in [4.78, 5) is 0. The van der Waals surface area contributed by atoms with Gasteiger partial charge in [0.1, 0.15) is 35.5 Å². The van der Waals surface area contributed by atoms with Crippen molar-refractivity contribution in [1.82, 2.24) is 0 Å². The Bertz CT molecular complexity index is 1130. The van der Waals surface area contributed by atoms with E-state index in [-0.39, 0.29) is 11.6 Å². The normalized spacial score (nSPS) is 15.2. The van der Waals surface area contributed by atoms with Crippen molar-refractivity contribution >= 4 is 15.9 Å². The number of nitrogens with two attached hydrogens (primary N) is 1. The summed E-state index contributed by atoms with van der Waals surface area (Å²) >= 11 is 3.43. The Morgan fingerprint density at radius 2 is 1.83 bits per heavy atom. The highest BCUT2D eigenvalue weighted by molar-refractivity contribution is 9.10. The van der Waals surface area contributed by atoms with Gasteiger partial charge in [0.15, 0.2) is 0 Å². The van der Waals surface area contributed by atoms with Crippen LogP contribution >= 0.6 is 15.9 Å². The highest BCUT2D eigenvalue weighted by Crippen LogP contribution is 2.45. The molecule has 3 aromatic rings. The summed E-state index contributed by atoms with van der Waals surface area (Å²) in [6, 6.07) is 22.4. The van der Waals surface area contributed by atoms with E-state index in [1.165, 1.54) is 6.07 Å². The molecule has 6 heteroatoms. The summed E-state index contributed by atoms with van der Waals surface area (Å²) in [6.07, 6.45) is 0. The zero-order chi connectivity index (χ0) is 20.4. The molecule has 1 aliphatic heterocycles. The van der Waals surface area contributed by atoms with Crippen LogP contribution in [0.2, 0.25) is 0 Å². The fourth-order valence-corrected chi connectivity index (χ4v) is 3.62. The van der Waals surface area contributed by atoms with Crippen molar-refractivity contribution in [2.45, 2.75) is 12.5 Å². The number of hydrogen-bond acceptors (Lipinski definition) is 5. The SMILES string of the molecule is N#CC1=C(N)Oc2cc(O)ccc2[C@@H]1c1ccccc1OCc1ccc(Br)cc1. The molecule has 0 amide bonds. The molecule has 1 atom stereocenters. The van der Waals surface area contributed by atoms with Gasteiger partial charge in [-0.25, -0.2) is 0 Å². The number of aromatic hydroxyl groups is 1. The molecular weight excluding hydrogens is 432 g/mol. The minimum absolute atomic E-state index is 0.0262. The highest BCUT2D eigenvalue weighted by atomic mass is 79.9. The molecule has 0 aliphatic carbocycles. The van der Waals surface area contributed by atoms with Crippen LogP contribution in [0.3, 0.4) is 0 Å². The zero-order valence-corrected chi connectivity index (χ0v) is 16.9. The highest BCUT2D eigenvalue weighted by Gasteiger charge is 2.32. The van der Waals surface area contributed by atoms with Crippen LogP contribution < -0.4 is 15.2 Å². The molecule has 0 bridgehead atoms. The largest absolute Gasteiger partial charge is 0.508 e. The number of phenolic OH excluding ortho intramolecular Hbond substituents is 1. The van der Waals surface area contributed by atoms with Gasteiger partial charge in [0, 0.05) is 21.7 Å². The molecule has 144 valence electrons. The molecule has 29 heavy (non-hydrogen) atoms. The fourth-order valence-electron chi connectivity index (χ4n) is 3.36. The number of allylic oxidation sites excluding steroid dienone is 1. The number of nitriles is 1. The first-order chi connectivity index (χ1) is 14.1. The Hall–Kier alpha value is -3.43. The van der Waals surface area contributed by atoms with E-state index in [0.717, 1.165) is 21.2 Å². The number of hydrogen-bond donors (Lipinski definition) is 2. The molecule has 0 saturated carbocycles. The second kappa shape index (κ2) is 7.90. The summed E-state index contributed by atoms with van der Waals surface area (Å²) in [5.74, 6) is 0.718. The summed E-state index contributed by atoms with van der Waals surface area (Å²) in [5.41, 5.74) is 8.90. The van der Waals surface area contributed by atoms with Gasteiger partial charge in [0.05, 0.1) is 5.92 Å². The quantitative estimate of drug-likeness (QED) is 0.589. The van der Waals surface area contributed by atoms with Gasteiger partial charge in [0.2, 0.25) is 5.88 Å². The van der Waals surface area contributed by atoms with Crippen LogP contribution in [0.4, 0.5) is 0 Å². The van der Waals surface area contributed by atoms with E-state index in [2.05, 4.69) is 22.0 Å². The van der Waals surface area contributed by atoms with Crippen molar-refractivity contribution in [3.05, 3.63) is 99.3 Å². The van der Waals surface area contributed by atoms with Gasteiger partial charge < -0.3 is 20.3 Å². The number of rotatable bonds is 4. The van der Waals surface area contributed by atoms with Crippen molar-refractivity contribution in [2.75, 3.05) is 0 Å². The summed E-state index contributed by atoms with van der Waals surface area (Å²) < 4.78 is 12.7. The third-order valence-electron chi connectivity index (χ3n) is 4.74. The molecular formula is C23H17BrN2O3. The molecule has 1 aliphatic rings. The van der Waals surface area contributed by atoms with E-state index >= 15 is 0 Å². The van der Waals surface area contributed by atoms with Gasteiger partial charge in [-0.15, -0.1) is 0 Å². The Morgan fingerprint density at radius 3 is 2.59 bits per heavy atom. The molecule has 3 aromatic carbocycles. The van der Waals surface area contributed by atoms with Crippen LogP contribution in [0.5, 0.6) is 17.2 Å². The Morgan fingerprint density at radius 1 is 1.07 bits per heavy atom. The predicted molar refractivity (Wildman–Crippen MR) is 112 cm³/mol. The molecule has 0 fully saturated rings. The summed E-state index contributed by atoms with van der Waals surface area (Å²) in [7, 11) is 0. The average molecular weight is 449 g/mol. The Kier molecular flexibility index (Phi) is 5.15. The number of nitrogens with zero attached hydrogens (tertiary/aromatic N) is 1. The van der Waals surface area contributed by atoms with E-state index < -0.39 is 5.92 Å². The standard InChI is InChI=1S/C23H17BrN2O3/c24-15-7-5-14(6-8-15)13-28-20-4-2-1-3-17(20)22-18-10-9-16(27)11-21(18)29-23(26)19(22)12-25/h1-11,22,27H,13,26H2/t22-/m0/s1. The lowest BCUT2D eigenvalue weighted by atomic mass is 9.83. The van der Waals surface area contributed by atoms with E-state index in [4.69, 9.17) is 15.2 Å². The van der Waals surface area contributed by atoms with Crippen LogP contribution in [0, 0.1) is 11.3 Å². The minimum Gasteiger partial charge on any atom is -0.508 e. The number of ether oxygens (including phenoxy) is 2. The van der Waals surface area contributed by atoms with Gasteiger partial charge in [-0.1, -0.05) is 52.3 Å². The monoisotopic (exact) mass is 448 g/mol. The Labute approximate surface area is 176 Å². The maximum atomic E-state index is 9.81. The lowest BCUT2D eigenvalue weighted by Gasteiger charge is -2.27. The molecule has 0 spiro atoms. The molecule has 0 saturated heterocycles. The smallest absolute Gasteiger partial charge is 0.205 e. The van der Waals surface area contributed by atoms with Gasteiger partial charge >= 0.3 is 0 Å². The zero-order valence-electron chi connectivity index (χ0n) is 15.3. The number of benzene rings is 3. The molecule has 3 N–H and O–H groups in total. The van der Waals surface area contributed by atoms with Crippen LogP contribution in [0.15, 0.2) is 82.7 Å². The fraction of sp³-hybridized carbons (Fsp3) is 0.0870. The van der Waals surface area contributed by atoms with Gasteiger partial charge in [-0.05, 0) is 29.8 Å². The number of halogens is 1. The van der Waals surface area contributed by atoms with Crippen molar-refractivity contribution in [3.8, 4) is 23.3 Å². The summed E-state index contributed by atoms with van der Waals surface area (Å²) in [5, 5.41) is 19.5. The Balaban J connectivity index is 1.74. The van der Waals surface area contributed by atoms with Gasteiger partial charge in [-0.2, -0.15) is 5.26 Å². The van der Waals surface area contributed by atoms with Crippen LogP contribution in [0.1, 0.15) is 22.6 Å². The molecule has 5 nitrogen and oxygen atoms in total. The first-order valence-electron chi connectivity index (χ1n) is 8.93. The molecule has 0 unspecified atom stereocenters. The first kappa shape index (κ1) is 18.9. The second-order valence-electron chi connectivity index (χ2n) is 6.60.